The van der Waals surface area contributed by atoms with Crippen molar-refractivity contribution < 1.29 is 0 Å². The lowest BCUT2D eigenvalue weighted by atomic mass is 9.74. The van der Waals surface area contributed by atoms with Crippen LogP contribution in [-0.4, -0.2) is 18.3 Å². The van der Waals surface area contributed by atoms with Crippen LogP contribution in [0.4, 0.5) is 0 Å². The van der Waals surface area contributed by atoms with Gasteiger partial charge in [0.1, 0.15) is 0 Å². The van der Waals surface area contributed by atoms with E-state index < -0.39 is 0 Å². The van der Waals surface area contributed by atoms with Gasteiger partial charge in [0, 0.05) is 16.7 Å². The van der Waals surface area contributed by atoms with Crippen LogP contribution in [0.3, 0.4) is 0 Å². The Morgan fingerprint density at radius 3 is 2.95 bits per heavy atom. The van der Waals surface area contributed by atoms with Gasteiger partial charge in [-0.3, -0.25) is 0 Å². The first kappa shape index (κ1) is 14.5. The fourth-order valence-corrected chi connectivity index (χ4v) is 5.35. The molecule has 20 heavy (non-hydrogen) atoms. The van der Waals surface area contributed by atoms with E-state index in [4.69, 9.17) is 0 Å². The van der Waals surface area contributed by atoms with E-state index in [1.807, 2.05) is 0 Å². The third-order valence-corrected chi connectivity index (χ3v) is 6.35. The highest BCUT2D eigenvalue weighted by molar-refractivity contribution is 7.99. The minimum atomic E-state index is 0.758. The van der Waals surface area contributed by atoms with Gasteiger partial charge >= 0.3 is 0 Å². The predicted octanol–water partition coefficient (Wildman–Crippen LogP) is 4.68. The van der Waals surface area contributed by atoms with Crippen molar-refractivity contribution in [3.05, 3.63) is 29.8 Å². The van der Waals surface area contributed by atoms with E-state index in [0.717, 1.165) is 30.3 Å². The Bertz CT molecular complexity index is 445. The second-order valence-electron chi connectivity index (χ2n) is 6.62. The zero-order valence-electron chi connectivity index (χ0n) is 12.8. The molecule has 0 amide bonds. The fourth-order valence-electron chi connectivity index (χ4n) is 4.08. The van der Waals surface area contributed by atoms with Crippen molar-refractivity contribution in [1.82, 2.24) is 5.32 Å². The van der Waals surface area contributed by atoms with Crippen LogP contribution in [0.1, 0.15) is 51.0 Å². The molecule has 4 unspecified atom stereocenters. The minimum absolute atomic E-state index is 0.758. The van der Waals surface area contributed by atoms with Gasteiger partial charge in [0.2, 0.25) is 0 Å². The van der Waals surface area contributed by atoms with Crippen LogP contribution in [0.5, 0.6) is 0 Å². The summed E-state index contributed by atoms with van der Waals surface area (Å²) in [7, 11) is 0. The number of thioether (sulfide) groups is 1. The highest BCUT2D eigenvalue weighted by Gasteiger charge is 2.32. The van der Waals surface area contributed by atoms with Crippen LogP contribution in [0, 0.1) is 11.8 Å². The summed E-state index contributed by atoms with van der Waals surface area (Å²) < 4.78 is 0. The summed E-state index contributed by atoms with van der Waals surface area (Å²) in [6.07, 6.45) is 5.58. The SMILES string of the molecule is CCNC1CCC(C)CC1CC1CSc2ccccc21. The van der Waals surface area contributed by atoms with E-state index >= 15 is 0 Å². The molecule has 1 aromatic carbocycles. The number of hydrogen-bond acceptors (Lipinski definition) is 2. The zero-order valence-corrected chi connectivity index (χ0v) is 13.6. The maximum Gasteiger partial charge on any atom is 0.0107 e. The Morgan fingerprint density at radius 1 is 1.25 bits per heavy atom. The van der Waals surface area contributed by atoms with Gasteiger partial charge in [-0.1, -0.05) is 32.0 Å². The Labute approximate surface area is 127 Å². The fraction of sp³-hybridized carbons (Fsp3) is 0.667. The van der Waals surface area contributed by atoms with Crippen LogP contribution in [0.15, 0.2) is 29.2 Å². The molecule has 4 atom stereocenters. The summed E-state index contributed by atoms with van der Waals surface area (Å²) in [5.74, 6) is 3.87. The normalized spacial score (nSPS) is 33.1. The quantitative estimate of drug-likeness (QED) is 0.863. The Morgan fingerprint density at radius 2 is 2.10 bits per heavy atom. The van der Waals surface area contributed by atoms with Gasteiger partial charge in [-0.05, 0) is 61.6 Å². The largest absolute Gasteiger partial charge is 0.314 e. The molecule has 0 aromatic heterocycles. The topological polar surface area (TPSA) is 12.0 Å². The van der Waals surface area contributed by atoms with E-state index in [-0.39, 0.29) is 0 Å². The molecule has 1 N–H and O–H groups in total. The molecule has 1 aliphatic carbocycles. The number of rotatable bonds is 4. The molecule has 1 aromatic rings. The van der Waals surface area contributed by atoms with Crippen molar-refractivity contribution in [2.24, 2.45) is 11.8 Å². The molecule has 110 valence electrons. The standard InChI is InChI=1S/C18H27NS/c1-3-19-17-9-8-13(2)10-14(17)11-15-12-20-18-7-5-4-6-16(15)18/h4-7,13-15,17,19H,3,8-12H2,1-2H3. The zero-order chi connectivity index (χ0) is 13.9. The lowest BCUT2D eigenvalue weighted by molar-refractivity contribution is 0.198. The van der Waals surface area contributed by atoms with Gasteiger partial charge in [-0.2, -0.15) is 0 Å². The molecule has 1 nitrogen and oxygen atoms in total. The van der Waals surface area contributed by atoms with Crippen LogP contribution in [0.25, 0.3) is 0 Å². The molecule has 0 saturated heterocycles. The van der Waals surface area contributed by atoms with Crippen LogP contribution >= 0.6 is 11.8 Å². The molecule has 1 fully saturated rings. The summed E-state index contributed by atoms with van der Waals surface area (Å²) in [6, 6.07) is 9.80. The van der Waals surface area contributed by atoms with Gasteiger partial charge in [-0.15, -0.1) is 11.8 Å². The molecule has 0 radical (unpaired) electrons. The second kappa shape index (κ2) is 6.53. The van der Waals surface area contributed by atoms with Crippen molar-refractivity contribution in [2.75, 3.05) is 12.3 Å². The molecule has 0 spiro atoms. The molecule has 0 bridgehead atoms. The van der Waals surface area contributed by atoms with E-state index in [2.05, 4.69) is 55.2 Å². The van der Waals surface area contributed by atoms with Crippen LogP contribution in [-0.2, 0) is 0 Å². The van der Waals surface area contributed by atoms with Gasteiger partial charge in [-0.25, -0.2) is 0 Å². The molecule has 2 heteroatoms. The number of fused-ring (bicyclic) bond motifs is 1. The highest BCUT2D eigenvalue weighted by atomic mass is 32.2. The predicted molar refractivity (Wildman–Crippen MR) is 88.5 cm³/mol. The highest BCUT2D eigenvalue weighted by Crippen LogP contribution is 2.44. The van der Waals surface area contributed by atoms with E-state index in [1.165, 1.54) is 36.3 Å². The monoisotopic (exact) mass is 289 g/mol. The van der Waals surface area contributed by atoms with Crippen molar-refractivity contribution in [1.29, 1.82) is 0 Å². The van der Waals surface area contributed by atoms with Crippen molar-refractivity contribution >= 4 is 11.8 Å². The molecule has 1 saturated carbocycles. The summed E-state index contributed by atoms with van der Waals surface area (Å²) in [4.78, 5) is 1.53. The smallest absolute Gasteiger partial charge is 0.0107 e. The lowest BCUT2D eigenvalue weighted by Crippen LogP contribution is -2.40. The van der Waals surface area contributed by atoms with Crippen molar-refractivity contribution in [2.45, 2.75) is 56.4 Å². The Hall–Kier alpha value is -0.470. The van der Waals surface area contributed by atoms with Gasteiger partial charge in [0.15, 0.2) is 0 Å². The van der Waals surface area contributed by atoms with Gasteiger partial charge in [0.25, 0.3) is 0 Å². The first-order chi connectivity index (χ1) is 9.78. The van der Waals surface area contributed by atoms with E-state index in [1.54, 1.807) is 5.56 Å². The van der Waals surface area contributed by atoms with Gasteiger partial charge in [0.05, 0.1) is 0 Å². The average Bonchev–Trinajstić information content (AvgIpc) is 2.86. The summed E-state index contributed by atoms with van der Waals surface area (Å²) in [6.45, 7) is 5.80. The number of hydrogen-bond donors (Lipinski definition) is 1. The number of nitrogens with one attached hydrogen (secondary N) is 1. The first-order valence-electron chi connectivity index (χ1n) is 8.23. The third kappa shape index (κ3) is 3.07. The van der Waals surface area contributed by atoms with Crippen molar-refractivity contribution in [3.8, 4) is 0 Å². The molecule has 3 rings (SSSR count). The molecular weight excluding hydrogens is 262 g/mol. The maximum absolute atomic E-state index is 3.75. The molecular formula is C18H27NS. The second-order valence-corrected chi connectivity index (χ2v) is 7.69. The summed E-state index contributed by atoms with van der Waals surface area (Å²) in [5, 5.41) is 3.75. The Kier molecular flexibility index (Phi) is 4.72. The van der Waals surface area contributed by atoms with Crippen molar-refractivity contribution in [3.63, 3.8) is 0 Å². The number of benzene rings is 1. The molecule has 1 aliphatic heterocycles. The lowest BCUT2D eigenvalue weighted by Gasteiger charge is -2.37. The average molecular weight is 289 g/mol. The molecule has 2 aliphatic rings. The van der Waals surface area contributed by atoms with Gasteiger partial charge < -0.3 is 5.32 Å². The first-order valence-corrected chi connectivity index (χ1v) is 9.21. The van der Waals surface area contributed by atoms with Crippen LogP contribution in [0.2, 0.25) is 0 Å². The Balaban J connectivity index is 1.69. The molecule has 1 heterocycles. The van der Waals surface area contributed by atoms with E-state index in [9.17, 15) is 0 Å². The third-order valence-electron chi connectivity index (χ3n) is 5.10. The summed E-state index contributed by atoms with van der Waals surface area (Å²) in [5.41, 5.74) is 1.62. The van der Waals surface area contributed by atoms with E-state index in [0.29, 0.717) is 0 Å². The minimum Gasteiger partial charge on any atom is -0.314 e. The summed E-state index contributed by atoms with van der Waals surface area (Å²) >= 11 is 2.06. The van der Waals surface area contributed by atoms with Crippen LogP contribution < -0.4 is 5.32 Å². The maximum atomic E-state index is 3.75.